The molecule has 0 spiro atoms. The van der Waals surface area contributed by atoms with E-state index in [2.05, 4.69) is 37.8 Å². The number of amides is 1. The van der Waals surface area contributed by atoms with Gasteiger partial charge in [0.2, 0.25) is 5.79 Å². The Labute approximate surface area is 367 Å². The van der Waals surface area contributed by atoms with E-state index in [0.29, 0.717) is 44.6 Å². The van der Waals surface area contributed by atoms with Crippen LogP contribution in [0.5, 0.6) is 11.5 Å². The molecule has 0 radical (unpaired) electrons. The minimum atomic E-state index is -1.36. The van der Waals surface area contributed by atoms with Crippen molar-refractivity contribution in [3.63, 3.8) is 0 Å². The molecular weight excluding hydrogens is 789 g/mol. The summed E-state index contributed by atoms with van der Waals surface area (Å²) in [6.45, 7) is 13.5. The zero-order chi connectivity index (χ0) is 43.2. The van der Waals surface area contributed by atoms with E-state index in [4.69, 9.17) is 28.9 Å². The highest BCUT2D eigenvalue weighted by atomic mass is 32.2. The van der Waals surface area contributed by atoms with Crippen molar-refractivity contribution < 1.29 is 38.8 Å². The summed E-state index contributed by atoms with van der Waals surface area (Å²) in [5.41, 5.74) is 3.09. The van der Waals surface area contributed by atoms with Gasteiger partial charge in [-0.2, -0.15) is 0 Å². The Morgan fingerprint density at radius 1 is 1.00 bits per heavy atom. The summed E-state index contributed by atoms with van der Waals surface area (Å²) in [5.74, 6) is 0.519. The van der Waals surface area contributed by atoms with Crippen LogP contribution in [0.1, 0.15) is 96.1 Å². The zero-order valence-corrected chi connectivity index (χ0v) is 37.3. The molecule has 0 saturated heterocycles. The van der Waals surface area contributed by atoms with Crippen LogP contribution in [-0.4, -0.2) is 83.1 Å². The molecule has 2 aliphatic carbocycles. The average molecular weight is 855 g/mol. The Morgan fingerprint density at radius 2 is 1.72 bits per heavy atom. The molecule has 6 atom stereocenters. The molecule has 0 bridgehead atoms. The predicted octanol–water partition coefficient (Wildman–Crippen LogP) is 10.3. The summed E-state index contributed by atoms with van der Waals surface area (Å²) in [7, 11) is 0. The van der Waals surface area contributed by atoms with Crippen LogP contribution in [0.15, 0.2) is 113 Å². The van der Waals surface area contributed by atoms with Gasteiger partial charge < -0.3 is 34.0 Å². The molecule has 3 aromatic carbocycles. The second-order valence-electron chi connectivity index (χ2n) is 17.2. The van der Waals surface area contributed by atoms with Crippen LogP contribution in [0.25, 0.3) is 0 Å². The number of hydrogen-bond donors (Lipinski definition) is 2. The van der Waals surface area contributed by atoms with E-state index in [1.807, 2.05) is 81.4 Å². The monoisotopic (exact) mass is 854 g/mol. The van der Waals surface area contributed by atoms with Crippen LogP contribution in [0, 0.1) is 17.8 Å². The van der Waals surface area contributed by atoms with Crippen molar-refractivity contribution in [1.29, 1.82) is 0 Å². The van der Waals surface area contributed by atoms with Gasteiger partial charge in [-0.05, 0) is 106 Å². The molecule has 1 heterocycles. The number of hydrogen-bond acceptors (Lipinski definition) is 10. The lowest BCUT2D eigenvalue weighted by molar-refractivity contribution is -0.255. The molecule has 1 fully saturated rings. The quantitative estimate of drug-likeness (QED) is 0.0441. The highest BCUT2D eigenvalue weighted by Crippen LogP contribution is 2.62. The Hall–Kier alpha value is -4.29. The normalized spacial score (nSPS) is 23.5. The van der Waals surface area contributed by atoms with E-state index >= 15 is 0 Å². The number of nitrogens with zero attached hydrogens (tertiary/aromatic N) is 2. The molecule has 61 heavy (non-hydrogen) atoms. The minimum absolute atomic E-state index is 0.102. The highest BCUT2D eigenvalue weighted by Gasteiger charge is 2.65. The number of rotatable bonds is 22. The highest BCUT2D eigenvalue weighted by molar-refractivity contribution is 7.99. The van der Waals surface area contributed by atoms with E-state index < -0.39 is 29.4 Å². The van der Waals surface area contributed by atoms with Crippen LogP contribution < -0.4 is 9.47 Å². The zero-order valence-electron chi connectivity index (χ0n) is 36.5. The molecule has 3 aliphatic rings. The molecule has 1 saturated carbocycles. The summed E-state index contributed by atoms with van der Waals surface area (Å²) in [6.07, 6.45) is 9.40. The number of fused-ring (bicyclic) bond motifs is 2. The number of aliphatic hydroxyl groups is 2. The molecule has 10 nitrogen and oxygen atoms in total. The van der Waals surface area contributed by atoms with Crippen molar-refractivity contribution >= 4 is 23.6 Å². The van der Waals surface area contributed by atoms with E-state index in [9.17, 15) is 15.0 Å². The van der Waals surface area contributed by atoms with E-state index in [1.54, 1.807) is 22.7 Å². The number of thioether (sulfide) groups is 1. The first-order valence-electron chi connectivity index (χ1n) is 22.2. The molecule has 1 amide bonds. The van der Waals surface area contributed by atoms with Crippen molar-refractivity contribution in [3.05, 3.63) is 114 Å². The van der Waals surface area contributed by atoms with Gasteiger partial charge in [-0.15, -0.1) is 18.3 Å². The standard InChI is InChI=1S/C50H66N2O8S/c1-6-26-52(48(55)57-35-36-18-10-8-11-19-36)45-34-43(51-60-49(3,4)5)41-32-37(20-14-16-27-53)40(23-15-17-28-54)46-42-33-38(56-30-31-61-39-21-12-9-13-22-39)24-25-44(42)59-50(45,47(41)46)58-29-7-2/h7-13,18-19,21-22,24-25,32-33,37,40,45-47,53-54H,2,6,14-17,20,23,26-31,34-35H2,1,3-5H3/t37-,40+,45-,46+,47+,50+/m0/s1. The Morgan fingerprint density at radius 3 is 2.41 bits per heavy atom. The third kappa shape index (κ3) is 11.6. The van der Waals surface area contributed by atoms with Crippen molar-refractivity contribution in [1.82, 2.24) is 4.90 Å². The van der Waals surface area contributed by atoms with Gasteiger partial charge in [-0.1, -0.05) is 85.6 Å². The van der Waals surface area contributed by atoms with Crippen LogP contribution in [-0.2, 0) is 20.9 Å². The topological polar surface area (TPSA) is 119 Å². The van der Waals surface area contributed by atoms with E-state index in [0.717, 1.165) is 59.6 Å². The maximum absolute atomic E-state index is 14.5. The van der Waals surface area contributed by atoms with E-state index in [1.165, 1.54) is 4.90 Å². The Balaban J connectivity index is 1.50. The van der Waals surface area contributed by atoms with Crippen molar-refractivity contribution in [2.75, 3.05) is 38.7 Å². The van der Waals surface area contributed by atoms with Gasteiger partial charge in [-0.25, -0.2) is 4.79 Å². The first-order valence-corrected chi connectivity index (χ1v) is 23.2. The lowest BCUT2D eigenvalue weighted by Crippen LogP contribution is -2.70. The molecule has 6 rings (SSSR count). The van der Waals surface area contributed by atoms with Gasteiger partial charge in [0.25, 0.3) is 0 Å². The van der Waals surface area contributed by atoms with Crippen LogP contribution in [0.2, 0.25) is 0 Å². The molecule has 3 aromatic rings. The van der Waals surface area contributed by atoms with Gasteiger partial charge in [0.15, 0.2) is 0 Å². The summed E-state index contributed by atoms with van der Waals surface area (Å²) < 4.78 is 27.0. The SMILES string of the molecule is C=CCO[C@@]12Oc3ccc(OCCSc4ccccc4)cc3[C@H]3[C@H](CCCCO)[C@@H](CCCCO)C=C(C(=NOC(C)(C)C)C[C@@H]1N(CCC)C(=O)OCc1ccccc1)[C@H]32. The summed E-state index contributed by atoms with van der Waals surface area (Å²) in [6, 6.07) is 25.5. The number of allylic oxidation sites excluding steroid dienone is 1. The molecule has 0 aromatic heterocycles. The molecule has 0 unspecified atom stereocenters. The fourth-order valence-corrected chi connectivity index (χ4v) is 9.94. The number of aliphatic hydroxyl groups excluding tert-OH is 2. The maximum atomic E-state index is 14.5. The van der Waals surface area contributed by atoms with Gasteiger partial charge in [0.1, 0.15) is 29.7 Å². The summed E-state index contributed by atoms with van der Waals surface area (Å²) in [5, 5.41) is 24.8. The number of oxime groups is 1. The van der Waals surface area contributed by atoms with Crippen molar-refractivity contribution in [2.24, 2.45) is 22.9 Å². The maximum Gasteiger partial charge on any atom is 0.410 e. The number of ether oxygens (including phenoxy) is 4. The third-order valence-corrected chi connectivity index (χ3v) is 12.7. The number of unbranched alkanes of at least 4 members (excludes halogenated alkanes) is 2. The molecule has 11 heteroatoms. The molecular formula is C50H66N2O8S. The summed E-state index contributed by atoms with van der Waals surface area (Å²) >= 11 is 1.76. The number of carbonyl (C=O) groups excluding carboxylic acids is 1. The average Bonchev–Trinajstić information content (AvgIpc) is 3.26. The van der Waals surface area contributed by atoms with Gasteiger partial charge in [0, 0.05) is 48.3 Å². The predicted molar refractivity (Wildman–Crippen MR) is 242 cm³/mol. The first kappa shape index (κ1) is 46.2. The lowest BCUT2D eigenvalue weighted by atomic mass is 9.55. The fraction of sp³-hybridized carbons (Fsp3) is 0.520. The molecule has 1 aliphatic heterocycles. The second kappa shape index (κ2) is 22.2. The number of benzene rings is 3. The van der Waals surface area contributed by atoms with E-state index in [-0.39, 0.29) is 44.2 Å². The Kier molecular flexibility index (Phi) is 16.8. The molecule has 330 valence electrons. The lowest BCUT2D eigenvalue weighted by Gasteiger charge is -2.60. The Bertz CT molecular complexity index is 1920. The van der Waals surface area contributed by atoms with Crippen LogP contribution in [0.3, 0.4) is 0 Å². The smallest absolute Gasteiger partial charge is 0.410 e. The second-order valence-corrected chi connectivity index (χ2v) is 18.4. The van der Waals surface area contributed by atoms with Gasteiger partial charge >= 0.3 is 6.09 Å². The summed E-state index contributed by atoms with van der Waals surface area (Å²) in [4.78, 5) is 23.8. The number of carbonyl (C=O) groups is 1. The largest absolute Gasteiger partial charge is 0.493 e. The third-order valence-electron chi connectivity index (χ3n) is 11.7. The van der Waals surface area contributed by atoms with Gasteiger partial charge in [-0.3, -0.25) is 4.90 Å². The van der Waals surface area contributed by atoms with Crippen molar-refractivity contribution in [2.45, 2.75) is 114 Å². The molecule has 2 N–H and O–H groups in total. The van der Waals surface area contributed by atoms with Gasteiger partial charge in [0.05, 0.1) is 24.8 Å². The van der Waals surface area contributed by atoms with Crippen LogP contribution >= 0.6 is 11.8 Å². The minimum Gasteiger partial charge on any atom is -0.493 e. The first-order chi connectivity index (χ1) is 29.6. The van der Waals surface area contributed by atoms with Crippen LogP contribution in [0.4, 0.5) is 4.79 Å². The van der Waals surface area contributed by atoms with Crippen molar-refractivity contribution in [3.8, 4) is 11.5 Å². The fourth-order valence-electron chi connectivity index (χ4n) is 9.18.